The van der Waals surface area contributed by atoms with Gasteiger partial charge in [-0.3, -0.25) is 9.44 Å². The van der Waals surface area contributed by atoms with Gasteiger partial charge in [0.1, 0.15) is 10.7 Å². The third kappa shape index (κ3) is 5.36. The van der Waals surface area contributed by atoms with Crippen LogP contribution in [0, 0.1) is 5.82 Å². The van der Waals surface area contributed by atoms with Gasteiger partial charge >= 0.3 is 6.01 Å². The van der Waals surface area contributed by atoms with Crippen LogP contribution in [0.4, 0.5) is 15.9 Å². The molecule has 0 spiro atoms. The lowest BCUT2D eigenvalue weighted by Gasteiger charge is -2.11. The molecule has 2 aromatic carbocycles. The van der Waals surface area contributed by atoms with Crippen LogP contribution < -0.4 is 18.9 Å². The average molecular weight is 503 g/mol. The average Bonchev–Trinajstić information content (AvgIpc) is 2.72. The van der Waals surface area contributed by atoms with Crippen molar-refractivity contribution >= 4 is 43.2 Å². The van der Waals surface area contributed by atoms with Crippen LogP contribution in [0.25, 0.3) is 0 Å². The summed E-state index contributed by atoms with van der Waals surface area (Å²) in [5, 5.41) is -0.295. The van der Waals surface area contributed by atoms with E-state index in [1.54, 1.807) is 0 Å². The van der Waals surface area contributed by atoms with Gasteiger partial charge in [-0.25, -0.2) is 21.2 Å². The minimum Gasteiger partial charge on any atom is -0.481 e. The van der Waals surface area contributed by atoms with Crippen LogP contribution >= 0.6 is 11.6 Å². The maximum Gasteiger partial charge on any atom is 0.321 e. The SMILES string of the molecule is COc1cc(NS(=O)(=O)c2ccc(NS(=O)(=O)c3ccc(F)cc3Cl)cc2)nc(OC)n1. The minimum absolute atomic E-state index is 0.0646. The third-order valence-corrected chi connectivity index (χ3v) is 7.15. The molecule has 0 unspecified atom stereocenters. The van der Waals surface area contributed by atoms with Crippen LogP contribution in [0.5, 0.6) is 11.9 Å². The van der Waals surface area contributed by atoms with Gasteiger partial charge in [0, 0.05) is 11.8 Å². The monoisotopic (exact) mass is 502 g/mol. The molecule has 0 aliphatic carbocycles. The van der Waals surface area contributed by atoms with Crippen molar-refractivity contribution in [2.24, 2.45) is 0 Å². The van der Waals surface area contributed by atoms with E-state index in [1.165, 1.54) is 44.6 Å². The van der Waals surface area contributed by atoms with E-state index >= 15 is 0 Å². The number of sulfonamides is 2. The first-order chi connectivity index (χ1) is 15.0. The first-order valence-electron chi connectivity index (χ1n) is 8.62. The Bertz CT molecular complexity index is 1330. The highest BCUT2D eigenvalue weighted by Crippen LogP contribution is 2.26. The number of hydrogen-bond acceptors (Lipinski definition) is 8. The molecule has 1 aromatic heterocycles. The Morgan fingerprint density at radius 3 is 2.16 bits per heavy atom. The van der Waals surface area contributed by atoms with E-state index in [2.05, 4.69) is 19.4 Å². The number of benzene rings is 2. The molecular formula is C18H16ClFN4O6S2. The highest BCUT2D eigenvalue weighted by Gasteiger charge is 2.20. The molecule has 1 heterocycles. The summed E-state index contributed by atoms with van der Waals surface area (Å²) in [5.74, 6) is -0.696. The first kappa shape index (κ1) is 23.5. The Kier molecular flexibility index (Phi) is 6.71. The van der Waals surface area contributed by atoms with Crippen molar-refractivity contribution in [3.63, 3.8) is 0 Å². The largest absolute Gasteiger partial charge is 0.481 e. The summed E-state index contributed by atoms with van der Waals surface area (Å²) in [6.07, 6.45) is 0. The van der Waals surface area contributed by atoms with Crippen molar-refractivity contribution in [3.8, 4) is 11.9 Å². The molecule has 10 nitrogen and oxygen atoms in total. The second-order valence-corrected chi connectivity index (χ2v) is 9.83. The summed E-state index contributed by atoms with van der Waals surface area (Å²) in [6.45, 7) is 0. The van der Waals surface area contributed by atoms with E-state index in [4.69, 9.17) is 21.1 Å². The summed E-state index contributed by atoms with van der Waals surface area (Å²) in [5.41, 5.74) is 0.0646. The molecule has 0 saturated carbocycles. The molecule has 14 heteroatoms. The molecule has 2 N–H and O–H groups in total. The zero-order chi connectivity index (χ0) is 23.5. The van der Waals surface area contributed by atoms with Crippen LogP contribution in [0.3, 0.4) is 0 Å². The smallest absolute Gasteiger partial charge is 0.321 e. The molecule has 170 valence electrons. The molecule has 0 atom stereocenters. The van der Waals surface area contributed by atoms with Gasteiger partial charge < -0.3 is 9.47 Å². The fourth-order valence-corrected chi connectivity index (χ4v) is 5.04. The highest BCUT2D eigenvalue weighted by atomic mass is 35.5. The van der Waals surface area contributed by atoms with Crippen LogP contribution in [0.1, 0.15) is 0 Å². The maximum absolute atomic E-state index is 13.2. The predicted molar refractivity (Wildman–Crippen MR) is 115 cm³/mol. The van der Waals surface area contributed by atoms with Gasteiger partial charge in [0.05, 0.1) is 24.1 Å². The number of hydrogen-bond donors (Lipinski definition) is 2. The van der Waals surface area contributed by atoms with E-state index in [1.807, 2.05) is 0 Å². The van der Waals surface area contributed by atoms with Crippen molar-refractivity contribution in [3.05, 3.63) is 59.4 Å². The summed E-state index contributed by atoms with van der Waals surface area (Å²) >= 11 is 5.81. The normalized spacial score (nSPS) is 11.6. The highest BCUT2D eigenvalue weighted by molar-refractivity contribution is 7.93. The first-order valence-corrected chi connectivity index (χ1v) is 12.0. The number of methoxy groups -OCH3 is 2. The van der Waals surface area contributed by atoms with Gasteiger partial charge in [-0.1, -0.05) is 11.6 Å². The zero-order valence-electron chi connectivity index (χ0n) is 16.5. The number of anilines is 2. The van der Waals surface area contributed by atoms with Crippen molar-refractivity contribution in [1.82, 2.24) is 9.97 Å². The van der Waals surface area contributed by atoms with E-state index in [0.717, 1.165) is 18.2 Å². The van der Waals surface area contributed by atoms with E-state index in [-0.39, 0.29) is 38.2 Å². The quantitative estimate of drug-likeness (QED) is 0.479. The molecule has 0 aliphatic rings. The minimum atomic E-state index is -4.13. The molecule has 32 heavy (non-hydrogen) atoms. The van der Waals surface area contributed by atoms with Crippen LogP contribution in [0.15, 0.2) is 58.3 Å². The molecular weight excluding hydrogens is 487 g/mol. The number of halogens is 2. The Morgan fingerprint density at radius 1 is 0.875 bits per heavy atom. The van der Waals surface area contributed by atoms with Crippen molar-refractivity contribution in [1.29, 1.82) is 0 Å². The zero-order valence-corrected chi connectivity index (χ0v) is 18.9. The summed E-state index contributed by atoms with van der Waals surface area (Å²) in [6, 6.07) is 8.85. The van der Waals surface area contributed by atoms with Crippen LogP contribution in [-0.2, 0) is 20.0 Å². The summed E-state index contributed by atoms with van der Waals surface area (Å²) in [7, 11) is -5.55. The number of nitrogens with zero attached hydrogens (tertiary/aromatic N) is 2. The maximum atomic E-state index is 13.2. The molecule has 0 fully saturated rings. The van der Waals surface area contributed by atoms with Gasteiger partial charge in [0.15, 0.2) is 5.82 Å². The van der Waals surface area contributed by atoms with Gasteiger partial charge in [0.2, 0.25) is 5.88 Å². The molecule has 0 saturated heterocycles. The van der Waals surface area contributed by atoms with Gasteiger partial charge in [0.25, 0.3) is 20.0 Å². The van der Waals surface area contributed by atoms with E-state index in [9.17, 15) is 21.2 Å². The van der Waals surface area contributed by atoms with Crippen molar-refractivity contribution in [2.45, 2.75) is 9.79 Å². The van der Waals surface area contributed by atoms with Crippen molar-refractivity contribution in [2.75, 3.05) is 23.7 Å². The number of rotatable bonds is 8. The fourth-order valence-electron chi connectivity index (χ4n) is 2.45. The number of nitrogens with one attached hydrogen (secondary N) is 2. The molecule has 3 rings (SSSR count). The lowest BCUT2D eigenvalue weighted by Crippen LogP contribution is -2.16. The second-order valence-electron chi connectivity index (χ2n) is 6.09. The van der Waals surface area contributed by atoms with Crippen LogP contribution in [-0.4, -0.2) is 41.0 Å². The molecule has 3 aromatic rings. The molecule has 0 radical (unpaired) electrons. The molecule has 0 bridgehead atoms. The second kappa shape index (κ2) is 9.14. The number of aromatic nitrogens is 2. The lowest BCUT2D eigenvalue weighted by molar-refractivity contribution is 0.353. The Hall–Kier alpha value is -3.16. The van der Waals surface area contributed by atoms with Gasteiger partial charge in [-0.05, 0) is 42.5 Å². The Labute approximate surface area is 188 Å². The fraction of sp³-hybridized carbons (Fsp3) is 0.111. The van der Waals surface area contributed by atoms with Crippen LogP contribution in [0.2, 0.25) is 5.02 Å². The standard InChI is InChI=1S/C18H16ClFN4O6S2/c1-29-17-10-16(21-18(22-17)30-2)24-31(25,26)13-6-4-12(5-7-13)23-32(27,28)15-8-3-11(20)9-14(15)19/h3-10,23H,1-2H3,(H,21,22,24). The number of ether oxygens (including phenoxy) is 2. The lowest BCUT2D eigenvalue weighted by atomic mass is 10.3. The molecule has 0 amide bonds. The van der Waals surface area contributed by atoms with Crippen molar-refractivity contribution < 1.29 is 30.7 Å². The summed E-state index contributed by atoms with van der Waals surface area (Å²) < 4.78 is 77.8. The Balaban J connectivity index is 1.81. The topological polar surface area (TPSA) is 137 Å². The predicted octanol–water partition coefficient (Wildman–Crippen LogP) is 2.89. The van der Waals surface area contributed by atoms with Gasteiger partial charge in [-0.15, -0.1) is 0 Å². The van der Waals surface area contributed by atoms with Gasteiger partial charge in [-0.2, -0.15) is 9.97 Å². The Morgan fingerprint density at radius 2 is 1.56 bits per heavy atom. The van der Waals surface area contributed by atoms with E-state index < -0.39 is 25.9 Å². The third-order valence-electron chi connectivity index (χ3n) is 3.91. The summed E-state index contributed by atoms with van der Waals surface area (Å²) in [4.78, 5) is 7.26. The molecule has 0 aliphatic heterocycles. The van der Waals surface area contributed by atoms with E-state index in [0.29, 0.717) is 0 Å².